The highest BCUT2D eigenvalue weighted by atomic mass is 31.2. The van der Waals surface area contributed by atoms with Crippen LogP contribution in [0, 0.1) is 5.41 Å². The first-order valence-corrected chi connectivity index (χ1v) is 7.08. The number of fused-ring (bicyclic) bond motifs is 2. The third-order valence-corrected chi connectivity index (χ3v) is 3.40. The molecule has 1 aromatic carbocycles. The van der Waals surface area contributed by atoms with E-state index < -0.39 is 7.82 Å². The first-order valence-electron chi connectivity index (χ1n) is 5.61. The summed E-state index contributed by atoms with van der Waals surface area (Å²) in [7, 11) is -3.56. The van der Waals surface area contributed by atoms with Gasteiger partial charge in [-0.05, 0) is 38.1 Å². The molecule has 9 heteroatoms. The summed E-state index contributed by atoms with van der Waals surface area (Å²) in [6.07, 6.45) is 0.0757. The Hall–Kier alpha value is -1.60. The lowest BCUT2D eigenvalue weighted by molar-refractivity contribution is -0.317. The molecule has 3 saturated heterocycles. The molecule has 0 radical (unpaired) electrons. The maximum atomic E-state index is 11.6. The van der Waals surface area contributed by atoms with Gasteiger partial charge in [-0.3, -0.25) is 5.41 Å². The highest BCUT2D eigenvalue weighted by Crippen LogP contribution is 2.63. The van der Waals surface area contributed by atoms with Crippen molar-refractivity contribution in [2.75, 3.05) is 5.06 Å². The fourth-order valence-electron chi connectivity index (χ4n) is 1.61. The van der Waals surface area contributed by atoms with E-state index in [4.69, 9.17) is 14.8 Å². The van der Waals surface area contributed by atoms with Gasteiger partial charge in [0.2, 0.25) is 0 Å². The minimum Gasteiger partial charge on any atom is -0.491 e. The third kappa shape index (κ3) is 2.19. The molecule has 3 fully saturated rings. The molecule has 3 heterocycles. The Labute approximate surface area is 109 Å². The largest absolute Gasteiger partial charge is 0.544 e. The number of guanidine groups is 1. The molecule has 0 aliphatic carbocycles. The third-order valence-electron chi connectivity index (χ3n) is 2.34. The van der Waals surface area contributed by atoms with Gasteiger partial charge in [0, 0.05) is 0 Å². The number of rotatable bonds is 3. The van der Waals surface area contributed by atoms with E-state index in [-0.39, 0.29) is 12.1 Å². The van der Waals surface area contributed by atoms with E-state index in [9.17, 15) is 4.57 Å². The van der Waals surface area contributed by atoms with Crippen LogP contribution in [0.1, 0.15) is 13.8 Å². The molecule has 0 atom stereocenters. The smallest absolute Gasteiger partial charge is 0.491 e. The van der Waals surface area contributed by atoms with Crippen molar-refractivity contribution in [3.63, 3.8) is 0 Å². The van der Waals surface area contributed by atoms with Crippen molar-refractivity contribution < 1.29 is 23.2 Å². The van der Waals surface area contributed by atoms with Crippen LogP contribution in [0.5, 0.6) is 5.75 Å². The van der Waals surface area contributed by atoms with E-state index in [1.54, 1.807) is 24.3 Å². The van der Waals surface area contributed by atoms with Crippen LogP contribution in [0.15, 0.2) is 24.3 Å². The van der Waals surface area contributed by atoms with Crippen LogP contribution in [0.25, 0.3) is 0 Å². The minimum absolute atomic E-state index is 0.0757. The fourth-order valence-corrected chi connectivity index (χ4v) is 2.57. The van der Waals surface area contributed by atoms with Crippen LogP contribution in [0.2, 0.25) is 0 Å². The summed E-state index contributed by atoms with van der Waals surface area (Å²) in [6.45, 7) is 3.86. The SMILES string of the molecule is CC(C)Oc1ccc(N2OP3(=O)ON(O3)C2=N)cc1. The maximum absolute atomic E-state index is 11.6. The number of hydrogen-bond donors (Lipinski definition) is 1. The molecule has 1 N–H and O–H groups in total. The van der Waals surface area contributed by atoms with Gasteiger partial charge in [0.05, 0.1) is 11.8 Å². The van der Waals surface area contributed by atoms with Gasteiger partial charge >= 0.3 is 7.82 Å². The summed E-state index contributed by atoms with van der Waals surface area (Å²) >= 11 is 0. The van der Waals surface area contributed by atoms with Crippen molar-refractivity contribution in [2.24, 2.45) is 0 Å². The molecule has 0 amide bonds. The number of hydroxylamine groups is 3. The zero-order valence-corrected chi connectivity index (χ0v) is 11.2. The van der Waals surface area contributed by atoms with E-state index in [1.165, 1.54) is 0 Å². The Morgan fingerprint density at radius 3 is 2.42 bits per heavy atom. The molecule has 8 nitrogen and oxygen atoms in total. The monoisotopic (exact) mass is 285 g/mol. The number of phosphoric acid groups is 1. The number of nitrogens with zero attached hydrogens (tertiary/aromatic N) is 2. The van der Waals surface area contributed by atoms with E-state index >= 15 is 0 Å². The molecule has 3 aliphatic heterocycles. The Balaban J connectivity index is 1.79. The lowest BCUT2D eigenvalue weighted by atomic mass is 10.3. The molecule has 3 aliphatic rings. The second-order valence-electron chi connectivity index (χ2n) is 4.23. The summed E-state index contributed by atoms with van der Waals surface area (Å²) < 4.78 is 31.4. The van der Waals surface area contributed by atoms with Gasteiger partial charge in [0.25, 0.3) is 5.96 Å². The summed E-state index contributed by atoms with van der Waals surface area (Å²) in [6, 6.07) is 6.84. The number of benzene rings is 1. The van der Waals surface area contributed by atoms with E-state index in [1.807, 2.05) is 13.8 Å². The van der Waals surface area contributed by atoms with Crippen LogP contribution in [-0.4, -0.2) is 17.3 Å². The highest BCUT2D eigenvalue weighted by Gasteiger charge is 2.56. The second kappa shape index (κ2) is 4.21. The zero-order valence-electron chi connectivity index (χ0n) is 10.3. The van der Waals surface area contributed by atoms with E-state index in [2.05, 4.69) is 9.25 Å². The average molecular weight is 285 g/mol. The normalized spacial score (nSPS) is 25.5. The number of ether oxygens (including phenoxy) is 1. The lowest BCUT2D eigenvalue weighted by Crippen LogP contribution is -2.54. The fraction of sp³-hybridized carbons (Fsp3) is 0.300. The van der Waals surface area contributed by atoms with Crippen molar-refractivity contribution in [2.45, 2.75) is 20.0 Å². The van der Waals surface area contributed by atoms with Crippen molar-refractivity contribution in [3.8, 4) is 5.75 Å². The van der Waals surface area contributed by atoms with Gasteiger partial charge in [0.1, 0.15) is 5.75 Å². The number of anilines is 1. The summed E-state index contributed by atoms with van der Waals surface area (Å²) in [5.41, 5.74) is 0.526. The van der Waals surface area contributed by atoms with Crippen molar-refractivity contribution >= 4 is 19.5 Å². The first-order chi connectivity index (χ1) is 8.97. The number of hydrogen-bond acceptors (Lipinski definition) is 6. The van der Waals surface area contributed by atoms with Crippen molar-refractivity contribution in [3.05, 3.63) is 24.3 Å². The van der Waals surface area contributed by atoms with Crippen molar-refractivity contribution in [1.82, 2.24) is 5.23 Å². The Morgan fingerprint density at radius 2 is 1.84 bits per heavy atom. The molecular formula is C10H12N3O5P. The summed E-state index contributed by atoms with van der Waals surface area (Å²) in [4.78, 5) is 0. The molecule has 19 heavy (non-hydrogen) atoms. The highest BCUT2D eigenvalue weighted by molar-refractivity contribution is 7.49. The van der Waals surface area contributed by atoms with Crippen LogP contribution in [0.3, 0.4) is 0 Å². The van der Waals surface area contributed by atoms with Crippen LogP contribution in [-0.2, 0) is 18.4 Å². The molecule has 102 valence electrons. The molecule has 2 bridgehead atoms. The van der Waals surface area contributed by atoms with Crippen LogP contribution >= 0.6 is 7.82 Å². The molecule has 0 spiro atoms. The van der Waals surface area contributed by atoms with Crippen LogP contribution in [0.4, 0.5) is 5.69 Å². The molecule has 4 rings (SSSR count). The van der Waals surface area contributed by atoms with Crippen molar-refractivity contribution in [1.29, 1.82) is 5.41 Å². The maximum Gasteiger partial charge on any atom is 0.544 e. The predicted octanol–water partition coefficient (Wildman–Crippen LogP) is 2.45. The molecule has 0 saturated carbocycles. The average Bonchev–Trinajstić information content (AvgIpc) is 2.31. The van der Waals surface area contributed by atoms with E-state index in [0.29, 0.717) is 11.4 Å². The molecule has 1 aromatic rings. The lowest BCUT2D eigenvalue weighted by Gasteiger charge is -2.44. The van der Waals surface area contributed by atoms with Gasteiger partial charge in [-0.15, -0.1) is 9.25 Å². The van der Waals surface area contributed by atoms with Gasteiger partial charge in [-0.1, -0.05) is 5.23 Å². The Morgan fingerprint density at radius 1 is 1.21 bits per heavy atom. The van der Waals surface area contributed by atoms with E-state index in [0.717, 1.165) is 10.3 Å². The first kappa shape index (κ1) is 12.4. The zero-order chi connectivity index (χ0) is 13.6. The second-order valence-corrected chi connectivity index (χ2v) is 5.61. The number of nitrogens with one attached hydrogen (secondary N) is 1. The molecule has 0 unspecified atom stereocenters. The quantitative estimate of drug-likeness (QED) is 0.854. The van der Waals surface area contributed by atoms with Crippen LogP contribution < -0.4 is 9.80 Å². The van der Waals surface area contributed by atoms with Gasteiger partial charge in [0.15, 0.2) is 0 Å². The van der Waals surface area contributed by atoms with Gasteiger partial charge in [-0.2, -0.15) is 9.69 Å². The van der Waals surface area contributed by atoms with Gasteiger partial charge < -0.3 is 4.74 Å². The standard InChI is InChI=1S/C10H12N3O5P/c1-7(2)15-9-5-3-8(4-6-9)12-10(11)13-17-19(14,16-12)18-13/h3-7,11H,1-2H3. The Bertz CT molecular complexity index is 551. The minimum atomic E-state index is -3.56. The topological polar surface area (TPSA) is 84.3 Å². The van der Waals surface area contributed by atoms with Gasteiger partial charge in [-0.25, -0.2) is 4.57 Å². The Kier molecular flexibility index (Phi) is 2.75. The summed E-state index contributed by atoms with van der Waals surface area (Å²) in [5.74, 6) is 0.488. The molecular weight excluding hydrogens is 273 g/mol. The predicted molar refractivity (Wildman–Crippen MR) is 65.1 cm³/mol. The molecule has 0 aromatic heterocycles. The summed E-state index contributed by atoms with van der Waals surface area (Å²) in [5, 5.41) is 9.52.